The molecule has 26 heavy (non-hydrogen) atoms. The van der Waals surface area contributed by atoms with Gasteiger partial charge in [0, 0.05) is 0 Å². The van der Waals surface area contributed by atoms with Gasteiger partial charge in [-0.05, 0) is 31.2 Å². The fraction of sp³-hybridized carbons (Fsp3) is 0.708. The lowest BCUT2D eigenvalue weighted by Crippen LogP contribution is -2.01. The number of aryl methyl sites for hydroxylation is 1. The molecule has 0 bridgehead atoms. The maximum absolute atomic E-state index is 9.15. The van der Waals surface area contributed by atoms with Crippen LogP contribution in [-0.2, 0) is 6.42 Å². The molecule has 0 aliphatic heterocycles. The highest BCUT2D eigenvalue weighted by Gasteiger charge is 2.00. The molecule has 0 radical (unpaired) electrons. The van der Waals surface area contributed by atoms with E-state index in [4.69, 9.17) is 10.4 Å². The van der Waals surface area contributed by atoms with E-state index in [2.05, 4.69) is 30.3 Å². The van der Waals surface area contributed by atoms with Crippen LogP contribution < -0.4 is 0 Å². The third-order valence-electron chi connectivity index (χ3n) is 5.18. The van der Waals surface area contributed by atoms with Gasteiger partial charge in [0.05, 0.1) is 6.07 Å². The van der Waals surface area contributed by atoms with Crippen LogP contribution in [0.3, 0.4) is 0 Å². The first-order chi connectivity index (χ1) is 12.8. The summed E-state index contributed by atoms with van der Waals surface area (Å²) in [5.74, 6) is 0. The smallest absolute Gasteiger partial charge is 0.140 e. The SMILES string of the molecule is N#CC(O)CCCCCCCCCCCCCCCCc1ccccc1. The average molecular weight is 358 g/mol. The molecule has 0 saturated heterocycles. The number of unbranched alkanes of at least 4 members (excludes halogenated alkanes) is 13. The van der Waals surface area contributed by atoms with Gasteiger partial charge in [0.1, 0.15) is 6.10 Å². The minimum absolute atomic E-state index is 0.642. The molecule has 1 atom stereocenters. The highest BCUT2D eigenvalue weighted by Crippen LogP contribution is 2.14. The Bertz CT molecular complexity index is 451. The van der Waals surface area contributed by atoms with Crippen LogP contribution >= 0.6 is 0 Å². The average Bonchev–Trinajstić information content (AvgIpc) is 2.68. The lowest BCUT2D eigenvalue weighted by molar-refractivity contribution is 0.215. The van der Waals surface area contributed by atoms with Gasteiger partial charge in [-0.3, -0.25) is 0 Å². The molecular formula is C24H39NO. The molecule has 0 saturated carbocycles. The van der Waals surface area contributed by atoms with E-state index in [1.807, 2.05) is 6.07 Å². The Morgan fingerprint density at radius 3 is 1.54 bits per heavy atom. The molecule has 146 valence electrons. The molecule has 0 fully saturated rings. The Morgan fingerprint density at radius 2 is 1.08 bits per heavy atom. The molecule has 0 amide bonds. The zero-order valence-corrected chi connectivity index (χ0v) is 16.7. The molecule has 0 aliphatic rings. The fourth-order valence-electron chi connectivity index (χ4n) is 3.50. The Morgan fingerprint density at radius 1 is 0.654 bits per heavy atom. The predicted octanol–water partition coefficient (Wildman–Crippen LogP) is 6.97. The molecular weight excluding hydrogens is 318 g/mol. The van der Waals surface area contributed by atoms with Crippen molar-refractivity contribution in [1.82, 2.24) is 0 Å². The second-order valence-corrected chi connectivity index (χ2v) is 7.62. The summed E-state index contributed by atoms with van der Waals surface area (Å²) in [6.45, 7) is 0. The van der Waals surface area contributed by atoms with Crippen LogP contribution in [0, 0.1) is 11.3 Å². The lowest BCUT2D eigenvalue weighted by atomic mass is 10.0. The standard InChI is InChI=1S/C24H39NO/c25-22-24(26)21-17-12-10-8-6-4-2-1-3-5-7-9-11-14-18-23-19-15-13-16-20-23/h13,15-16,19-20,24,26H,1-12,14,17-18,21H2. The van der Waals surface area contributed by atoms with Gasteiger partial charge in [-0.1, -0.05) is 107 Å². The first-order valence-corrected chi connectivity index (χ1v) is 10.9. The number of hydrogen-bond donors (Lipinski definition) is 1. The molecule has 2 heteroatoms. The van der Waals surface area contributed by atoms with E-state index in [1.165, 1.54) is 89.0 Å². The zero-order chi connectivity index (χ0) is 18.7. The van der Waals surface area contributed by atoms with Crippen molar-refractivity contribution in [2.75, 3.05) is 0 Å². The van der Waals surface area contributed by atoms with Crippen molar-refractivity contribution in [2.24, 2.45) is 0 Å². The summed E-state index contributed by atoms with van der Waals surface area (Å²) in [4.78, 5) is 0. The van der Waals surface area contributed by atoms with Gasteiger partial charge in [0.15, 0.2) is 0 Å². The lowest BCUT2D eigenvalue weighted by Gasteiger charge is -2.04. The van der Waals surface area contributed by atoms with Gasteiger partial charge in [-0.25, -0.2) is 0 Å². The third kappa shape index (κ3) is 13.9. The van der Waals surface area contributed by atoms with Crippen LogP contribution in [0.25, 0.3) is 0 Å². The van der Waals surface area contributed by atoms with E-state index >= 15 is 0 Å². The Hall–Kier alpha value is -1.33. The minimum Gasteiger partial charge on any atom is -0.378 e. The summed E-state index contributed by atoms with van der Waals surface area (Å²) < 4.78 is 0. The van der Waals surface area contributed by atoms with Crippen molar-refractivity contribution < 1.29 is 5.11 Å². The molecule has 2 nitrogen and oxygen atoms in total. The highest BCUT2D eigenvalue weighted by atomic mass is 16.3. The molecule has 0 aromatic heterocycles. The Kier molecular flexibility index (Phi) is 14.9. The van der Waals surface area contributed by atoms with Crippen molar-refractivity contribution in [2.45, 2.75) is 109 Å². The number of rotatable bonds is 17. The maximum Gasteiger partial charge on any atom is 0.140 e. The molecule has 1 aromatic carbocycles. The van der Waals surface area contributed by atoms with Gasteiger partial charge in [-0.2, -0.15) is 5.26 Å². The second-order valence-electron chi connectivity index (χ2n) is 7.62. The van der Waals surface area contributed by atoms with Crippen LogP contribution in [0.4, 0.5) is 0 Å². The molecule has 0 heterocycles. The largest absolute Gasteiger partial charge is 0.378 e. The van der Waals surface area contributed by atoms with E-state index in [0.717, 1.165) is 12.8 Å². The predicted molar refractivity (Wildman–Crippen MR) is 111 cm³/mol. The Balaban J connectivity index is 1.71. The third-order valence-corrected chi connectivity index (χ3v) is 5.18. The first-order valence-electron chi connectivity index (χ1n) is 10.9. The van der Waals surface area contributed by atoms with E-state index < -0.39 is 6.10 Å². The van der Waals surface area contributed by atoms with E-state index in [0.29, 0.717) is 6.42 Å². The molecule has 1 aromatic rings. The normalized spacial score (nSPS) is 12.0. The number of hydrogen-bond acceptors (Lipinski definition) is 2. The van der Waals surface area contributed by atoms with Crippen LogP contribution in [0.5, 0.6) is 0 Å². The van der Waals surface area contributed by atoms with Gasteiger partial charge < -0.3 is 5.11 Å². The van der Waals surface area contributed by atoms with Crippen molar-refractivity contribution >= 4 is 0 Å². The summed E-state index contributed by atoms with van der Waals surface area (Å²) in [6, 6.07) is 12.7. The number of aliphatic hydroxyl groups excluding tert-OH is 1. The first kappa shape index (κ1) is 22.7. The summed E-state index contributed by atoms with van der Waals surface area (Å²) in [7, 11) is 0. The van der Waals surface area contributed by atoms with E-state index in [9.17, 15) is 0 Å². The summed E-state index contributed by atoms with van der Waals surface area (Å²) in [5.41, 5.74) is 1.48. The fourth-order valence-corrected chi connectivity index (χ4v) is 3.50. The van der Waals surface area contributed by atoms with Crippen molar-refractivity contribution in [1.29, 1.82) is 5.26 Å². The molecule has 1 rings (SSSR count). The van der Waals surface area contributed by atoms with E-state index in [1.54, 1.807) is 0 Å². The number of nitriles is 1. The maximum atomic E-state index is 9.15. The highest BCUT2D eigenvalue weighted by molar-refractivity contribution is 5.14. The van der Waals surface area contributed by atoms with E-state index in [-0.39, 0.29) is 0 Å². The summed E-state index contributed by atoms with van der Waals surface area (Å²) >= 11 is 0. The van der Waals surface area contributed by atoms with Crippen LogP contribution in [0.2, 0.25) is 0 Å². The molecule has 1 N–H and O–H groups in total. The zero-order valence-electron chi connectivity index (χ0n) is 16.7. The second kappa shape index (κ2) is 17.1. The van der Waals surface area contributed by atoms with Crippen LogP contribution in [0.1, 0.15) is 102 Å². The molecule has 0 spiro atoms. The van der Waals surface area contributed by atoms with Crippen molar-refractivity contribution in [3.8, 4) is 6.07 Å². The number of aliphatic hydroxyl groups is 1. The van der Waals surface area contributed by atoms with Crippen molar-refractivity contribution in [3.63, 3.8) is 0 Å². The molecule has 0 aliphatic carbocycles. The number of nitrogens with zero attached hydrogens (tertiary/aromatic N) is 1. The van der Waals surface area contributed by atoms with Gasteiger partial charge >= 0.3 is 0 Å². The summed E-state index contributed by atoms with van der Waals surface area (Å²) in [6.07, 6.45) is 19.7. The Labute approximate surface area is 161 Å². The van der Waals surface area contributed by atoms with Crippen LogP contribution in [0.15, 0.2) is 30.3 Å². The van der Waals surface area contributed by atoms with Crippen molar-refractivity contribution in [3.05, 3.63) is 35.9 Å². The summed E-state index contributed by atoms with van der Waals surface area (Å²) in [5, 5.41) is 17.6. The monoisotopic (exact) mass is 357 g/mol. The molecule has 1 unspecified atom stereocenters. The van der Waals surface area contributed by atoms with Gasteiger partial charge in [-0.15, -0.1) is 0 Å². The van der Waals surface area contributed by atoms with Crippen LogP contribution in [-0.4, -0.2) is 11.2 Å². The van der Waals surface area contributed by atoms with Gasteiger partial charge in [0.25, 0.3) is 0 Å². The topological polar surface area (TPSA) is 44.0 Å². The quantitative estimate of drug-likeness (QED) is 0.242. The number of benzene rings is 1. The van der Waals surface area contributed by atoms with Gasteiger partial charge in [0.2, 0.25) is 0 Å². The minimum atomic E-state index is -0.751.